The summed E-state index contributed by atoms with van der Waals surface area (Å²) in [7, 11) is 0. The number of piperazine rings is 1. The van der Waals surface area contributed by atoms with Crippen molar-refractivity contribution in [3.63, 3.8) is 0 Å². The lowest BCUT2D eigenvalue weighted by atomic mass is 10.2. The Bertz CT molecular complexity index is 389. The van der Waals surface area contributed by atoms with Crippen LogP contribution in [0.4, 0.5) is 5.69 Å². The summed E-state index contributed by atoms with van der Waals surface area (Å²) in [5.74, 6) is 0.146. The van der Waals surface area contributed by atoms with E-state index < -0.39 is 0 Å². The summed E-state index contributed by atoms with van der Waals surface area (Å²) in [6.07, 6.45) is 1.70. The Labute approximate surface area is 99.8 Å². The van der Waals surface area contributed by atoms with Gasteiger partial charge in [-0.2, -0.15) is 0 Å². The molecule has 16 heavy (non-hydrogen) atoms. The maximum absolute atomic E-state index is 11.2. The fourth-order valence-corrected chi connectivity index (χ4v) is 2.04. The van der Waals surface area contributed by atoms with E-state index in [1.807, 2.05) is 17.0 Å². The average Bonchev–Trinajstić information content (AvgIpc) is 2.29. The molecule has 1 aromatic heterocycles. The maximum atomic E-state index is 11.2. The van der Waals surface area contributed by atoms with Gasteiger partial charge in [0.05, 0.1) is 0 Å². The van der Waals surface area contributed by atoms with Crippen molar-refractivity contribution in [1.29, 1.82) is 0 Å². The van der Waals surface area contributed by atoms with Gasteiger partial charge in [-0.1, -0.05) is 11.6 Å². The van der Waals surface area contributed by atoms with Crippen molar-refractivity contribution in [3.05, 3.63) is 23.5 Å². The Hall–Kier alpha value is -1.29. The molecule has 0 saturated carbocycles. The normalized spacial score (nSPS) is 16.4. The van der Waals surface area contributed by atoms with Crippen LogP contribution in [-0.2, 0) is 4.79 Å². The molecule has 0 aromatic carbocycles. The van der Waals surface area contributed by atoms with Crippen LogP contribution >= 0.6 is 11.6 Å². The number of carbonyl (C=O) groups is 1. The average molecular weight is 240 g/mol. The van der Waals surface area contributed by atoms with Crippen LogP contribution < -0.4 is 4.90 Å². The summed E-state index contributed by atoms with van der Waals surface area (Å²) >= 11 is 5.84. The molecule has 1 aliphatic rings. The summed E-state index contributed by atoms with van der Waals surface area (Å²) in [5, 5.41) is 0.506. The van der Waals surface area contributed by atoms with E-state index in [0.29, 0.717) is 5.15 Å². The van der Waals surface area contributed by atoms with E-state index in [1.54, 1.807) is 13.1 Å². The monoisotopic (exact) mass is 239 g/mol. The lowest BCUT2D eigenvalue weighted by Gasteiger charge is -2.35. The van der Waals surface area contributed by atoms with Crippen molar-refractivity contribution in [3.8, 4) is 0 Å². The van der Waals surface area contributed by atoms with Gasteiger partial charge in [-0.25, -0.2) is 4.98 Å². The van der Waals surface area contributed by atoms with Crippen molar-refractivity contribution in [1.82, 2.24) is 9.88 Å². The highest BCUT2D eigenvalue weighted by atomic mass is 35.5. The third-order valence-corrected chi connectivity index (χ3v) is 3.01. The van der Waals surface area contributed by atoms with Gasteiger partial charge in [0.2, 0.25) is 5.91 Å². The number of hydrogen-bond acceptors (Lipinski definition) is 3. The first-order valence-corrected chi connectivity index (χ1v) is 5.66. The largest absolute Gasteiger partial charge is 0.368 e. The van der Waals surface area contributed by atoms with E-state index in [0.717, 1.165) is 31.9 Å². The van der Waals surface area contributed by atoms with Crippen LogP contribution in [0.5, 0.6) is 0 Å². The minimum Gasteiger partial charge on any atom is -0.368 e. The molecule has 0 spiro atoms. The van der Waals surface area contributed by atoms with E-state index in [1.165, 1.54) is 0 Å². The fourth-order valence-electron chi connectivity index (χ4n) is 1.87. The number of aromatic nitrogens is 1. The van der Waals surface area contributed by atoms with Gasteiger partial charge in [-0.15, -0.1) is 0 Å². The zero-order chi connectivity index (χ0) is 11.5. The molecule has 0 N–H and O–H groups in total. The van der Waals surface area contributed by atoms with Crippen molar-refractivity contribution < 1.29 is 4.79 Å². The first-order chi connectivity index (χ1) is 7.66. The molecule has 86 valence electrons. The number of carbonyl (C=O) groups excluding carboxylic acids is 1. The summed E-state index contributed by atoms with van der Waals surface area (Å²) in [6.45, 7) is 4.85. The molecular weight excluding hydrogens is 226 g/mol. The zero-order valence-corrected chi connectivity index (χ0v) is 9.94. The van der Waals surface area contributed by atoms with E-state index in [-0.39, 0.29) is 5.91 Å². The summed E-state index contributed by atoms with van der Waals surface area (Å²) in [6, 6.07) is 3.79. The number of halogens is 1. The molecule has 5 heteroatoms. The van der Waals surface area contributed by atoms with Crippen LogP contribution in [0.25, 0.3) is 0 Å². The van der Waals surface area contributed by atoms with Gasteiger partial charge >= 0.3 is 0 Å². The van der Waals surface area contributed by atoms with Gasteiger partial charge in [-0.3, -0.25) is 4.79 Å². The van der Waals surface area contributed by atoms with Gasteiger partial charge in [0.25, 0.3) is 0 Å². The Morgan fingerprint density at radius 2 is 2.06 bits per heavy atom. The molecule has 2 rings (SSSR count). The van der Waals surface area contributed by atoms with Gasteiger partial charge in [0, 0.05) is 45.0 Å². The molecule has 1 amide bonds. The van der Waals surface area contributed by atoms with Crippen LogP contribution in [0, 0.1) is 0 Å². The number of hydrogen-bond donors (Lipinski definition) is 0. The Kier molecular flexibility index (Phi) is 3.29. The molecule has 1 aromatic rings. The summed E-state index contributed by atoms with van der Waals surface area (Å²) in [4.78, 5) is 19.2. The van der Waals surface area contributed by atoms with E-state index in [2.05, 4.69) is 9.88 Å². The van der Waals surface area contributed by atoms with Crippen LogP contribution in [0.2, 0.25) is 5.15 Å². The second-order valence-corrected chi connectivity index (χ2v) is 4.22. The first kappa shape index (κ1) is 11.2. The molecular formula is C11H14ClN3O. The fraction of sp³-hybridized carbons (Fsp3) is 0.455. The van der Waals surface area contributed by atoms with Crippen LogP contribution in [0.3, 0.4) is 0 Å². The molecule has 1 fully saturated rings. The quantitative estimate of drug-likeness (QED) is 0.696. The second-order valence-electron chi connectivity index (χ2n) is 3.83. The number of nitrogens with zero attached hydrogens (tertiary/aromatic N) is 3. The third kappa shape index (κ3) is 2.44. The van der Waals surface area contributed by atoms with E-state index >= 15 is 0 Å². The number of amides is 1. The SMILES string of the molecule is CC(=O)N1CCN(c2ccnc(Cl)c2)CC1. The molecule has 0 radical (unpaired) electrons. The highest BCUT2D eigenvalue weighted by Gasteiger charge is 2.18. The molecule has 0 aliphatic carbocycles. The van der Waals surface area contributed by atoms with Crippen LogP contribution in [-0.4, -0.2) is 42.0 Å². The smallest absolute Gasteiger partial charge is 0.219 e. The topological polar surface area (TPSA) is 36.4 Å². The van der Waals surface area contributed by atoms with Crippen molar-refractivity contribution in [2.24, 2.45) is 0 Å². The number of rotatable bonds is 1. The van der Waals surface area contributed by atoms with Gasteiger partial charge in [0.15, 0.2) is 0 Å². The predicted octanol–water partition coefficient (Wildman–Crippen LogP) is 1.40. The maximum Gasteiger partial charge on any atom is 0.219 e. The molecule has 1 aliphatic heterocycles. The first-order valence-electron chi connectivity index (χ1n) is 5.29. The van der Waals surface area contributed by atoms with Gasteiger partial charge in [0.1, 0.15) is 5.15 Å². The highest BCUT2D eigenvalue weighted by Crippen LogP contribution is 2.18. The number of pyridine rings is 1. The standard InChI is InChI=1S/C11H14ClN3O/c1-9(16)14-4-6-15(7-5-14)10-2-3-13-11(12)8-10/h2-3,8H,4-7H2,1H3. The van der Waals surface area contributed by atoms with Gasteiger partial charge < -0.3 is 9.80 Å². The zero-order valence-electron chi connectivity index (χ0n) is 9.19. The predicted molar refractivity (Wildman–Crippen MR) is 63.7 cm³/mol. The third-order valence-electron chi connectivity index (χ3n) is 2.80. The molecule has 1 saturated heterocycles. The Morgan fingerprint density at radius 1 is 1.38 bits per heavy atom. The molecule has 0 atom stereocenters. The van der Waals surface area contributed by atoms with Crippen LogP contribution in [0.1, 0.15) is 6.92 Å². The van der Waals surface area contributed by atoms with Crippen molar-refractivity contribution in [2.75, 3.05) is 31.1 Å². The second kappa shape index (κ2) is 4.70. The molecule has 0 unspecified atom stereocenters. The van der Waals surface area contributed by atoms with E-state index in [9.17, 15) is 4.79 Å². The number of anilines is 1. The molecule has 2 heterocycles. The summed E-state index contributed by atoms with van der Waals surface area (Å²) in [5.41, 5.74) is 1.07. The Balaban J connectivity index is 2.01. The van der Waals surface area contributed by atoms with Crippen molar-refractivity contribution >= 4 is 23.2 Å². The lowest BCUT2D eigenvalue weighted by molar-refractivity contribution is -0.129. The minimum atomic E-state index is 0.146. The minimum absolute atomic E-state index is 0.146. The van der Waals surface area contributed by atoms with E-state index in [4.69, 9.17) is 11.6 Å². The Morgan fingerprint density at radius 3 is 2.62 bits per heavy atom. The highest BCUT2D eigenvalue weighted by molar-refractivity contribution is 6.29. The summed E-state index contributed by atoms with van der Waals surface area (Å²) < 4.78 is 0. The molecule has 4 nitrogen and oxygen atoms in total. The molecule has 0 bridgehead atoms. The van der Waals surface area contributed by atoms with Crippen molar-refractivity contribution in [2.45, 2.75) is 6.92 Å². The van der Waals surface area contributed by atoms with Gasteiger partial charge in [-0.05, 0) is 12.1 Å². The lowest BCUT2D eigenvalue weighted by Crippen LogP contribution is -2.48. The van der Waals surface area contributed by atoms with Crippen LogP contribution in [0.15, 0.2) is 18.3 Å².